The third-order valence-corrected chi connectivity index (χ3v) is 3.53. The maximum Gasteiger partial charge on any atom is 0.314 e. The molecule has 4 heteroatoms. The van der Waals surface area contributed by atoms with Gasteiger partial charge in [-0.25, -0.2) is 0 Å². The zero-order chi connectivity index (χ0) is 11.3. The van der Waals surface area contributed by atoms with Gasteiger partial charge in [0.15, 0.2) is 0 Å². The Hall–Kier alpha value is -1.55. The van der Waals surface area contributed by atoms with E-state index in [0.717, 1.165) is 11.1 Å². The number of aliphatic carboxylic acids is 1. The first-order chi connectivity index (χ1) is 7.65. The molecule has 1 fully saturated rings. The van der Waals surface area contributed by atoms with E-state index in [4.69, 9.17) is 4.74 Å². The average Bonchev–Trinajstić information content (AvgIpc) is 2.90. The van der Waals surface area contributed by atoms with Crippen LogP contribution in [-0.4, -0.2) is 16.2 Å². The molecule has 1 heterocycles. The fourth-order valence-electron chi connectivity index (χ4n) is 2.47. The summed E-state index contributed by atoms with van der Waals surface area (Å²) in [6.07, 6.45) is 1.21. The quantitative estimate of drug-likeness (QED) is 0.793. The topological polar surface area (TPSA) is 66.8 Å². The molecule has 2 aliphatic rings. The molecule has 1 aromatic carbocycles. The minimum absolute atomic E-state index is 0.0872. The molecule has 2 N–H and O–H groups in total. The minimum Gasteiger partial charge on any atom is -0.508 e. The minimum atomic E-state index is -0.858. The van der Waals surface area contributed by atoms with Crippen molar-refractivity contribution in [2.24, 2.45) is 0 Å². The van der Waals surface area contributed by atoms with Crippen molar-refractivity contribution in [3.8, 4) is 5.75 Å². The van der Waals surface area contributed by atoms with Crippen molar-refractivity contribution in [3.63, 3.8) is 0 Å². The molecule has 1 aliphatic heterocycles. The molecule has 0 radical (unpaired) electrons. The second-order valence-electron chi connectivity index (χ2n) is 4.48. The van der Waals surface area contributed by atoms with Gasteiger partial charge in [0.05, 0.1) is 18.6 Å². The molecule has 0 amide bonds. The SMILES string of the molecule is O=C(O)C1(c2c(O)ccc3c2COC3)CC1. The molecular weight excluding hydrogens is 208 g/mol. The van der Waals surface area contributed by atoms with Gasteiger partial charge in [-0.2, -0.15) is 0 Å². The lowest BCUT2D eigenvalue weighted by atomic mass is 9.89. The molecule has 4 nitrogen and oxygen atoms in total. The summed E-state index contributed by atoms with van der Waals surface area (Å²) in [5.74, 6) is -0.757. The Balaban J connectivity index is 2.21. The second kappa shape index (κ2) is 2.98. The predicted molar refractivity (Wildman–Crippen MR) is 55.1 cm³/mol. The smallest absolute Gasteiger partial charge is 0.314 e. The van der Waals surface area contributed by atoms with Gasteiger partial charge in [0.2, 0.25) is 0 Å². The molecule has 1 saturated carbocycles. The van der Waals surface area contributed by atoms with Crippen molar-refractivity contribution in [1.29, 1.82) is 0 Å². The second-order valence-corrected chi connectivity index (χ2v) is 4.48. The monoisotopic (exact) mass is 220 g/mol. The van der Waals surface area contributed by atoms with Crippen LogP contribution in [0, 0.1) is 0 Å². The van der Waals surface area contributed by atoms with E-state index in [-0.39, 0.29) is 5.75 Å². The number of carboxylic acids is 1. The Labute approximate surface area is 92.5 Å². The van der Waals surface area contributed by atoms with E-state index in [0.29, 0.717) is 31.6 Å². The number of carboxylic acid groups (broad SMARTS) is 1. The van der Waals surface area contributed by atoms with Crippen LogP contribution in [0.2, 0.25) is 0 Å². The lowest BCUT2D eigenvalue weighted by Gasteiger charge is -2.16. The Morgan fingerprint density at radius 3 is 2.69 bits per heavy atom. The zero-order valence-corrected chi connectivity index (χ0v) is 8.69. The van der Waals surface area contributed by atoms with Gasteiger partial charge in [-0.1, -0.05) is 6.07 Å². The molecule has 1 aliphatic carbocycles. The number of phenols is 1. The van der Waals surface area contributed by atoms with Crippen molar-refractivity contribution >= 4 is 5.97 Å². The van der Waals surface area contributed by atoms with Crippen molar-refractivity contribution < 1.29 is 19.7 Å². The summed E-state index contributed by atoms with van der Waals surface area (Å²) in [5, 5.41) is 19.1. The van der Waals surface area contributed by atoms with Gasteiger partial charge in [0.25, 0.3) is 0 Å². The molecule has 16 heavy (non-hydrogen) atoms. The molecule has 0 unspecified atom stereocenters. The van der Waals surface area contributed by atoms with Crippen LogP contribution >= 0.6 is 0 Å². The summed E-state index contributed by atoms with van der Waals surface area (Å²) < 4.78 is 5.31. The van der Waals surface area contributed by atoms with Gasteiger partial charge in [-0.05, 0) is 30.0 Å². The van der Waals surface area contributed by atoms with Crippen LogP contribution in [0.15, 0.2) is 12.1 Å². The number of carbonyl (C=O) groups is 1. The third kappa shape index (κ3) is 1.10. The van der Waals surface area contributed by atoms with Crippen LogP contribution in [0.25, 0.3) is 0 Å². The standard InChI is InChI=1S/C12H12O4/c13-9-2-1-7-5-16-6-8(7)10(9)12(3-4-12)11(14)15/h1-2,13H,3-6H2,(H,14,15). The first-order valence-corrected chi connectivity index (χ1v) is 5.30. The van der Waals surface area contributed by atoms with E-state index in [1.165, 1.54) is 0 Å². The first-order valence-electron chi connectivity index (χ1n) is 5.30. The summed E-state index contributed by atoms with van der Waals surface area (Å²) in [4.78, 5) is 11.3. The lowest BCUT2D eigenvalue weighted by molar-refractivity contribution is -0.140. The van der Waals surface area contributed by atoms with Gasteiger partial charge in [-0.15, -0.1) is 0 Å². The number of rotatable bonds is 2. The highest BCUT2D eigenvalue weighted by molar-refractivity contribution is 5.86. The summed E-state index contributed by atoms with van der Waals surface area (Å²) in [5.41, 5.74) is 1.60. The molecule has 0 spiro atoms. The number of aromatic hydroxyl groups is 1. The molecular formula is C12H12O4. The van der Waals surface area contributed by atoms with Crippen LogP contribution in [0.4, 0.5) is 0 Å². The molecule has 0 aromatic heterocycles. The molecule has 0 bridgehead atoms. The van der Waals surface area contributed by atoms with Crippen LogP contribution in [-0.2, 0) is 28.2 Å². The largest absolute Gasteiger partial charge is 0.508 e. The van der Waals surface area contributed by atoms with E-state index in [9.17, 15) is 15.0 Å². The average molecular weight is 220 g/mol. The van der Waals surface area contributed by atoms with Crippen molar-refractivity contribution in [2.45, 2.75) is 31.5 Å². The summed E-state index contributed by atoms with van der Waals surface area (Å²) in [7, 11) is 0. The van der Waals surface area contributed by atoms with Gasteiger partial charge < -0.3 is 14.9 Å². The highest BCUT2D eigenvalue weighted by Crippen LogP contribution is 2.53. The summed E-state index contributed by atoms with van der Waals surface area (Å²) in [6.45, 7) is 0.923. The van der Waals surface area contributed by atoms with Crippen molar-refractivity contribution in [1.82, 2.24) is 0 Å². The number of phenolic OH excluding ortho intramolecular Hbond substituents is 1. The maximum absolute atomic E-state index is 11.3. The van der Waals surface area contributed by atoms with Gasteiger partial charge in [-0.3, -0.25) is 4.79 Å². The molecule has 84 valence electrons. The van der Waals surface area contributed by atoms with Crippen LogP contribution in [0.5, 0.6) is 5.75 Å². The molecule has 0 saturated heterocycles. The molecule has 1 aromatic rings. The van der Waals surface area contributed by atoms with Crippen LogP contribution < -0.4 is 0 Å². The van der Waals surface area contributed by atoms with Gasteiger partial charge in [0, 0.05) is 5.56 Å². The van der Waals surface area contributed by atoms with E-state index in [1.807, 2.05) is 0 Å². The van der Waals surface area contributed by atoms with E-state index in [2.05, 4.69) is 0 Å². The fraction of sp³-hybridized carbons (Fsp3) is 0.417. The highest BCUT2D eigenvalue weighted by Gasteiger charge is 2.54. The Kier molecular flexibility index (Phi) is 1.80. The zero-order valence-electron chi connectivity index (χ0n) is 8.69. The molecule has 3 rings (SSSR count). The van der Waals surface area contributed by atoms with E-state index < -0.39 is 11.4 Å². The first kappa shape index (κ1) is 9.66. The Morgan fingerprint density at radius 1 is 1.31 bits per heavy atom. The maximum atomic E-state index is 11.3. The van der Waals surface area contributed by atoms with Crippen molar-refractivity contribution in [3.05, 3.63) is 28.8 Å². The van der Waals surface area contributed by atoms with Gasteiger partial charge >= 0.3 is 5.97 Å². The lowest BCUT2D eigenvalue weighted by Crippen LogP contribution is -2.21. The van der Waals surface area contributed by atoms with E-state index >= 15 is 0 Å². The molecule has 0 atom stereocenters. The number of hydrogen-bond donors (Lipinski definition) is 2. The van der Waals surface area contributed by atoms with Crippen LogP contribution in [0.3, 0.4) is 0 Å². The van der Waals surface area contributed by atoms with E-state index in [1.54, 1.807) is 12.1 Å². The van der Waals surface area contributed by atoms with Crippen LogP contribution in [0.1, 0.15) is 29.5 Å². The van der Waals surface area contributed by atoms with Crippen molar-refractivity contribution in [2.75, 3.05) is 0 Å². The fourth-order valence-corrected chi connectivity index (χ4v) is 2.47. The number of ether oxygens (including phenoxy) is 1. The summed E-state index contributed by atoms with van der Waals surface area (Å²) >= 11 is 0. The Bertz CT molecular complexity index is 474. The number of hydrogen-bond acceptors (Lipinski definition) is 3. The predicted octanol–water partition coefficient (Wildman–Crippen LogP) is 1.54. The highest BCUT2D eigenvalue weighted by atomic mass is 16.5. The third-order valence-electron chi connectivity index (χ3n) is 3.53. The number of benzene rings is 1. The number of fused-ring (bicyclic) bond motifs is 1. The Morgan fingerprint density at radius 2 is 2.06 bits per heavy atom. The summed E-state index contributed by atoms with van der Waals surface area (Å²) in [6, 6.07) is 3.38. The normalized spacial score (nSPS) is 20.5. The van der Waals surface area contributed by atoms with Gasteiger partial charge in [0.1, 0.15) is 5.75 Å².